The van der Waals surface area contributed by atoms with Crippen LogP contribution in [0, 0.1) is 0 Å². The molecule has 0 aliphatic rings. The summed E-state index contributed by atoms with van der Waals surface area (Å²) in [6.07, 6.45) is 0. The fourth-order valence-electron chi connectivity index (χ4n) is 0.656. The van der Waals surface area contributed by atoms with Crippen LogP contribution in [0.2, 0.25) is 0 Å². The number of carboxylic acids is 1. The summed E-state index contributed by atoms with van der Waals surface area (Å²) in [7, 11) is 0. The van der Waals surface area contributed by atoms with Crippen molar-refractivity contribution in [2.75, 3.05) is 0 Å². The summed E-state index contributed by atoms with van der Waals surface area (Å²) >= 11 is 0. The van der Waals surface area contributed by atoms with E-state index in [1.165, 1.54) is 6.07 Å². The van der Waals surface area contributed by atoms with Crippen LogP contribution in [0.4, 0.5) is 0 Å². The molecule has 5 heteroatoms. The van der Waals surface area contributed by atoms with Crippen molar-refractivity contribution >= 4 is 57.4 Å². The van der Waals surface area contributed by atoms with E-state index in [2.05, 4.69) is 0 Å². The third kappa shape index (κ3) is 2.76. The van der Waals surface area contributed by atoms with Gasteiger partial charge in [0, 0.05) is 51.4 Å². The largest absolute Gasteiger partial charge is 0.504 e. The van der Waals surface area contributed by atoms with E-state index in [1.807, 2.05) is 0 Å². The first kappa shape index (κ1) is 11.9. The van der Waals surface area contributed by atoms with E-state index >= 15 is 0 Å². The summed E-state index contributed by atoms with van der Waals surface area (Å²) in [5.41, 5.74) is -0.0553. The summed E-state index contributed by atoms with van der Waals surface area (Å²) in [6.45, 7) is 0. The molecule has 1 rings (SSSR count). The van der Waals surface area contributed by atoms with Crippen LogP contribution in [-0.4, -0.2) is 72.7 Å². The van der Waals surface area contributed by atoms with E-state index in [0.717, 1.165) is 12.1 Å². The Labute approximate surface area is 111 Å². The van der Waals surface area contributed by atoms with Crippen LogP contribution in [0.5, 0.6) is 11.5 Å². The number of aromatic carboxylic acids is 1. The topological polar surface area (TPSA) is 77.8 Å². The number of carboxylic acid groups (broad SMARTS) is 1. The molecule has 0 unspecified atom stereocenters. The first-order valence-electron chi connectivity index (χ1n) is 2.86. The first-order valence-corrected chi connectivity index (χ1v) is 2.86. The Hall–Kier alpha value is -0.0736. The minimum Gasteiger partial charge on any atom is -0.504 e. The van der Waals surface area contributed by atoms with E-state index in [0.29, 0.717) is 0 Å². The summed E-state index contributed by atoms with van der Waals surface area (Å²) in [5.74, 6) is -1.89. The first-order chi connectivity index (χ1) is 5.11. The number of hydrogen-bond acceptors (Lipinski definition) is 3. The minimum atomic E-state index is -1.14. The molecule has 0 fully saturated rings. The Balaban J connectivity index is 0.00000121. The molecule has 1 radical (unpaired) electrons. The van der Waals surface area contributed by atoms with Crippen molar-refractivity contribution in [3.63, 3.8) is 0 Å². The third-order valence-corrected chi connectivity index (χ3v) is 1.22. The van der Waals surface area contributed by atoms with Gasteiger partial charge in [0.2, 0.25) is 0 Å². The van der Waals surface area contributed by atoms with Crippen molar-refractivity contribution in [1.29, 1.82) is 0 Å². The third-order valence-electron chi connectivity index (χ3n) is 1.22. The van der Waals surface area contributed by atoms with Crippen LogP contribution in [0.25, 0.3) is 0 Å². The standard InChI is InChI=1S/C7H6O4.K/c8-5-2-1-4(7(10)11)3-6(5)9;/h1-3,8-9H,(H,10,11);. The summed E-state index contributed by atoms with van der Waals surface area (Å²) < 4.78 is 0. The van der Waals surface area contributed by atoms with Gasteiger partial charge in [-0.05, 0) is 18.2 Å². The van der Waals surface area contributed by atoms with Gasteiger partial charge < -0.3 is 15.3 Å². The Morgan fingerprint density at radius 1 is 1.17 bits per heavy atom. The maximum Gasteiger partial charge on any atom is 0.335 e. The smallest absolute Gasteiger partial charge is 0.335 e. The zero-order valence-corrected chi connectivity index (χ0v) is 9.61. The molecule has 0 saturated heterocycles. The Bertz CT molecular complexity index is 297. The number of rotatable bonds is 1. The van der Waals surface area contributed by atoms with Gasteiger partial charge in [0.15, 0.2) is 11.5 Å². The second-order valence-electron chi connectivity index (χ2n) is 2.01. The summed E-state index contributed by atoms with van der Waals surface area (Å²) in [5, 5.41) is 26.0. The number of aromatic hydroxyl groups is 2. The van der Waals surface area contributed by atoms with E-state index in [9.17, 15) is 4.79 Å². The minimum absolute atomic E-state index is 0. The van der Waals surface area contributed by atoms with Crippen LogP contribution < -0.4 is 0 Å². The van der Waals surface area contributed by atoms with Gasteiger partial charge in [-0.1, -0.05) is 0 Å². The zero-order valence-electron chi connectivity index (χ0n) is 6.48. The number of hydrogen-bond donors (Lipinski definition) is 3. The molecule has 0 heterocycles. The second kappa shape index (κ2) is 4.83. The van der Waals surface area contributed by atoms with Crippen LogP contribution in [-0.2, 0) is 0 Å². The molecule has 59 valence electrons. The predicted molar refractivity (Wildman–Crippen MR) is 42.5 cm³/mol. The zero-order chi connectivity index (χ0) is 8.43. The number of phenols is 2. The average molecular weight is 193 g/mol. The molecule has 1 aromatic rings. The van der Waals surface area contributed by atoms with Crippen LogP contribution >= 0.6 is 0 Å². The van der Waals surface area contributed by atoms with Crippen molar-refractivity contribution < 1.29 is 20.1 Å². The van der Waals surface area contributed by atoms with Gasteiger partial charge in [-0.25, -0.2) is 4.79 Å². The van der Waals surface area contributed by atoms with Gasteiger partial charge in [0.1, 0.15) is 0 Å². The maximum absolute atomic E-state index is 10.3. The SMILES string of the molecule is O=C(O)c1ccc(O)c(O)c1.[K]. The summed E-state index contributed by atoms with van der Waals surface area (Å²) in [6, 6.07) is 3.31. The van der Waals surface area contributed by atoms with Gasteiger partial charge in [0.25, 0.3) is 0 Å². The van der Waals surface area contributed by atoms with Crippen LogP contribution in [0.1, 0.15) is 10.4 Å². The van der Waals surface area contributed by atoms with Gasteiger partial charge >= 0.3 is 5.97 Å². The average Bonchev–Trinajstić information content (AvgIpc) is 1.94. The quantitative estimate of drug-likeness (QED) is 0.446. The molecule has 0 saturated carbocycles. The predicted octanol–water partition coefficient (Wildman–Crippen LogP) is 0.415. The Morgan fingerprint density at radius 3 is 2.17 bits per heavy atom. The molecular formula is C7H6KO4. The van der Waals surface area contributed by atoms with Crippen molar-refractivity contribution in [2.45, 2.75) is 0 Å². The molecule has 4 nitrogen and oxygen atoms in total. The van der Waals surface area contributed by atoms with Crippen molar-refractivity contribution in [2.24, 2.45) is 0 Å². The molecule has 3 N–H and O–H groups in total. The van der Waals surface area contributed by atoms with Gasteiger partial charge in [0.05, 0.1) is 5.56 Å². The molecule has 0 amide bonds. The van der Waals surface area contributed by atoms with Gasteiger partial charge in [-0.2, -0.15) is 0 Å². The van der Waals surface area contributed by atoms with E-state index in [-0.39, 0.29) is 62.7 Å². The second-order valence-corrected chi connectivity index (χ2v) is 2.01. The van der Waals surface area contributed by atoms with Crippen molar-refractivity contribution in [3.05, 3.63) is 23.8 Å². The van der Waals surface area contributed by atoms with Crippen molar-refractivity contribution in [1.82, 2.24) is 0 Å². The van der Waals surface area contributed by atoms with E-state index in [1.54, 1.807) is 0 Å². The molecule has 12 heavy (non-hydrogen) atoms. The number of phenolic OH excluding ortho intramolecular Hbond substituents is 2. The molecule has 0 aliphatic heterocycles. The van der Waals surface area contributed by atoms with Crippen molar-refractivity contribution in [3.8, 4) is 11.5 Å². The molecular weight excluding hydrogens is 187 g/mol. The van der Waals surface area contributed by atoms with E-state index in [4.69, 9.17) is 15.3 Å². The molecule has 0 aromatic heterocycles. The number of carbonyl (C=O) groups is 1. The fourth-order valence-corrected chi connectivity index (χ4v) is 0.656. The normalized spacial score (nSPS) is 8.67. The summed E-state index contributed by atoms with van der Waals surface area (Å²) in [4.78, 5) is 10.3. The maximum atomic E-state index is 10.3. The molecule has 1 aromatic carbocycles. The molecule has 0 aliphatic carbocycles. The molecule has 0 spiro atoms. The van der Waals surface area contributed by atoms with E-state index < -0.39 is 11.7 Å². The van der Waals surface area contributed by atoms with Gasteiger partial charge in [-0.15, -0.1) is 0 Å². The Kier molecular flexibility index (Phi) is 4.80. The monoisotopic (exact) mass is 193 g/mol. The van der Waals surface area contributed by atoms with Crippen LogP contribution in [0.15, 0.2) is 18.2 Å². The number of benzene rings is 1. The molecule has 0 bridgehead atoms. The van der Waals surface area contributed by atoms with Gasteiger partial charge in [-0.3, -0.25) is 0 Å². The van der Waals surface area contributed by atoms with Crippen LogP contribution in [0.3, 0.4) is 0 Å². The fraction of sp³-hybridized carbons (Fsp3) is 0. The molecule has 0 atom stereocenters. The Morgan fingerprint density at radius 2 is 1.75 bits per heavy atom.